The Hall–Kier alpha value is -1.54. The van der Waals surface area contributed by atoms with Gasteiger partial charge in [-0.25, -0.2) is 17.2 Å². The summed E-state index contributed by atoms with van der Waals surface area (Å²) in [5.74, 6) is -3.21. The summed E-state index contributed by atoms with van der Waals surface area (Å²) in [6.45, 7) is 0. The van der Waals surface area contributed by atoms with Gasteiger partial charge in [0.05, 0.1) is 0 Å². The lowest BCUT2D eigenvalue weighted by Crippen LogP contribution is -2.16. The zero-order valence-electron chi connectivity index (χ0n) is 10.1. The van der Waals surface area contributed by atoms with Crippen LogP contribution in [-0.2, 0) is 14.6 Å². The van der Waals surface area contributed by atoms with Crippen LogP contribution in [-0.4, -0.2) is 25.7 Å². The third-order valence-electron chi connectivity index (χ3n) is 2.50. The van der Waals surface area contributed by atoms with E-state index in [2.05, 4.69) is 0 Å². The molecule has 0 radical (unpaired) electrons. The highest BCUT2D eigenvalue weighted by Gasteiger charge is 2.22. The van der Waals surface area contributed by atoms with Crippen LogP contribution in [0.5, 0.6) is 0 Å². The lowest BCUT2D eigenvalue weighted by molar-refractivity contribution is -0.137. The van der Waals surface area contributed by atoms with Crippen molar-refractivity contribution in [3.05, 3.63) is 29.3 Å². The largest absolute Gasteiger partial charge is 0.481 e. The lowest BCUT2D eigenvalue weighted by Gasteiger charge is -2.14. The minimum atomic E-state index is -3.93. The number of halogens is 2. The van der Waals surface area contributed by atoms with E-state index < -0.39 is 38.4 Å². The quantitative estimate of drug-likeness (QED) is 0.851. The van der Waals surface area contributed by atoms with Gasteiger partial charge < -0.3 is 10.8 Å². The van der Waals surface area contributed by atoms with Crippen LogP contribution in [0.3, 0.4) is 0 Å². The van der Waals surface area contributed by atoms with E-state index in [1.54, 1.807) is 0 Å². The van der Waals surface area contributed by atoms with Crippen molar-refractivity contribution in [3.8, 4) is 0 Å². The fourth-order valence-corrected chi connectivity index (χ4v) is 2.33. The molecule has 106 valence electrons. The van der Waals surface area contributed by atoms with Crippen LogP contribution in [0.4, 0.5) is 8.78 Å². The van der Waals surface area contributed by atoms with Gasteiger partial charge in [-0.1, -0.05) is 0 Å². The summed E-state index contributed by atoms with van der Waals surface area (Å²) < 4.78 is 49.9. The molecule has 0 saturated heterocycles. The molecule has 0 aliphatic carbocycles. The number of carboxylic acid groups (broad SMARTS) is 1. The van der Waals surface area contributed by atoms with Crippen LogP contribution in [0.1, 0.15) is 24.4 Å². The SMILES string of the molecule is CS(=O)(=O)c1cc(F)cc(C(N)CCC(=O)O)c1F. The number of hydrogen-bond donors (Lipinski definition) is 2. The molecule has 0 heterocycles. The Kier molecular flexibility index (Phi) is 4.59. The molecule has 1 unspecified atom stereocenters. The lowest BCUT2D eigenvalue weighted by atomic mass is 10.0. The normalized spacial score (nSPS) is 13.3. The third kappa shape index (κ3) is 3.97. The Bertz CT molecular complexity index is 601. The topological polar surface area (TPSA) is 97.5 Å². The summed E-state index contributed by atoms with van der Waals surface area (Å²) in [6, 6.07) is 0.251. The summed E-state index contributed by atoms with van der Waals surface area (Å²) in [5, 5.41) is 8.50. The zero-order chi connectivity index (χ0) is 14.8. The average Bonchev–Trinajstić information content (AvgIpc) is 2.27. The Balaban J connectivity index is 3.22. The first-order valence-corrected chi connectivity index (χ1v) is 7.18. The van der Waals surface area contributed by atoms with Crippen molar-refractivity contribution < 1.29 is 27.1 Å². The molecular weight excluding hydrogens is 280 g/mol. The monoisotopic (exact) mass is 293 g/mol. The molecule has 8 heteroatoms. The minimum absolute atomic E-state index is 0.126. The second-order valence-electron chi connectivity index (χ2n) is 4.12. The average molecular weight is 293 g/mol. The summed E-state index contributed by atoms with van der Waals surface area (Å²) in [5.41, 5.74) is 5.21. The third-order valence-corrected chi connectivity index (χ3v) is 3.60. The van der Waals surface area contributed by atoms with Gasteiger partial charge in [0.25, 0.3) is 0 Å². The van der Waals surface area contributed by atoms with Crippen LogP contribution < -0.4 is 5.73 Å². The van der Waals surface area contributed by atoms with E-state index in [9.17, 15) is 22.0 Å². The molecular formula is C11H13F2NO4S. The molecule has 1 aromatic carbocycles. The number of aliphatic carboxylic acids is 1. The molecule has 0 aromatic heterocycles. The van der Waals surface area contributed by atoms with Gasteiger partial charge in [0.2, 0.25) is 0 Å². The van der Waals surface area contributed by atoms with E-state index in [1.165, 1.54) is 0 Å². The van der Waals surface area contributed by atoms with E-state index in [1.807, 2.05) is 0 Å². The maximum absolute atomic E-state index is 14.0. The first-order chi connectivity index (χ1) is 8.62. The smallest absolute Gasteiger partial charge is 0.303 e. The molecule has 0 bridgehead atoms. The molecule has 1 rings (SSSR count). The number of rotatable bonds is 5. The second-order valence-corrected chi connectivity index (χ2v) is 6.10. The van der Waals surface area contributed by atoms with Gasteiger partial charge in [-0.05, 0) is 18.6 Å². The summed E-state index contributed by atoms with van der Waals surface area (Å²) in [6.07, 6.45) is 0.293. The van der Waals surface area contributed by atoms with E-state index in [-0.39, 0.29) is 18.4 Å². The molecule has 0 spiro atoms. The molecule has 0 aliphatic rings. The first kappa shape index (κ1) is 15.5. The summed E-state index contributed by atoms with van der Waals surface area (Å²) >= 11 is 0. The Morgan fingerprint density at radius 1 is 1.42 bits per heavy atom. The predicted molar refractivity (Wildman–Crippen MR) is 63.3 cm³/mol. The maximum atomic E-state index is 14.0. The van der Waals surface area contributed by atoms with Crippen molar-refractivity contribution in [2.24, 2.45) is 5.73 Å². The molecule has 0 aliphatic heterocycles. The van der Waals surface area contributed by atoms with Crippen LogP contribution >= 0.6 is 0 Å². The Morgan fingerprint density at radius 3 is 2.47 bits per heavy atom. The molecule has 19 heavy (non-hydrogen) atoms. The van der Waals surface area contributed by atoms with E-state index >= 15 is 0 Å². The highest BCUT2D eigenvalue weighted by Crippen LogP contribution is 2.26. The van der Waals surface area contributed by atoms with E-state index in [4.69, 9.17) is 10.8 Å². The second kappa shape index (κ2) is 5.62. The number of benzene rings is 1. The van der Waals surface area contributed by atoms with Gasteiger partial charge in [0, 0.05) is 24.3 Å². The Morgan fingerprint density at radius 2 is 2.00 bits per heavy atom. The molecule has 3 N–H and O–H groups in total. The molecule has 5 nitrogen and oxygen atoms in total. The predicted octanol–water partition coefficient (Wildman–Crippen LogP) is 1.23. The first-order valence-electron chi connectivity index (χ1n) is 5.29. The van der Waals surface area contributed by atoms with Crippen molar-refractivity contribution in [3.63, 3.8) is 0 Å². The van der Waals surface area contributed by atoms with E-state index in [0.717, 1.165) is 12.3 Å². The van der Waals surface area contributed by atoms with Gasteiger partial charge in [-0.15, -0.1) is 0 Å². The standard InChI is InChI=1S/C11H13F2NO4S/c1-19(17,18)9-5-6(12)4-7(11(9)13)8(14)2-3-10(15)16/h4-5,8H,2-3,14H2,1H3,(H,15,16). The number of sulfone groups is 1. The van der Waals surface area contributed by atoms with Crippen LogP contribution in [0.2, 0.25) is 0 Å². The van der Waals surface area contributed by atoms with Gasteiger partial charge in [-0.2, -0.15) is 0 Å². The summed E-state index contributed by atoms with van der Waals surface area (Å²) in [7, 11) is -3.93. The minimum Gasteiger partial charge on any atom is -0.481 e. The molecule has 0 saturated carbocycles. The highest BCUT2D eigenvalue weighted by molar-refractivity contribution is 7.90. The van der Waals surface area contributed by atoms with Crippen molar-refractivity contribution >= 4 is 15.8 Å². The fraction of sp³-hybridized carbons (Fsp3) is 0.364. The van der Waals surface area contributed by atoms with Gasteiger partial charge in [0.15, 0.2) is 9.84 Å². The highest BCUT2D eigenvalue weighted by atomic mass is 32.2. The van der Waals surface area contributed by atoms with Gasteiger partial charge >= 0.3 is 5.97 Å². The van der Waals surface area contributed by atoms with E-state index in [0.29, 0.717) is 6.07 Å². The molecule has 0 fully saturated rings. The van der Waals surface area contributed by atoms with Crippen LogP contribution in [0, 0.1) is 11.6 Å². The molecule has 1 aromatic rings. The number of hydrogen-bond acceptors (Lipinski definition) is 4. The van der Waals surface area contributed by atoms with Gasteiger partial charge in [0.1, 0.15) is 16.5 Å². The molecule has 1 atom stereocenters. The fourth-order valence-electron chi connectivity index (χ4n) is 1.56. The van der Waals surface area contributed by atoms with Crippen molar-refractivity contribution in [2.45, 2.75) is 23.8 Å². The maximum Gasteiger partial charge on any atom is 0.303 e. The van der Waals surface area contributed by atoms with Gasteiger partial charge in [-0.3, -0.25) is 4.79 Å². The van der Waals surface area contributed by atoms with Crippen LogP contribution in [0.25, 0.3) is 0 Å². The number of carbonyl (C=O) groups is 1. The number of carboxylic acids is 1. The molecule has 0 amide bonds. The van der Waals surface area contributed by atoms with Crippen molar-refractivity contribution in [2.75, 3.05) is 6.26 Å². The van der Waals surface area contributed by atoms with Crippen LogP contribution in [0.15, 0.2) is 17.0 Å². The zero-order valence-corrected chi connectivity index (χ0v) is 10.9. The number of nitrogens with two attached hydrogens (primary N) is 1. The van der Waals surface area contributed by atoms with Crippen molar-refractivity contribution in [1.29, 1.82) is 0 Å². The van der Waals surface area contributed by atoms with Crippen molar-refractivity contribution in [1.82, 2.24) is 0 Å². The summed E-state index contributed by atoms with van der Waals surface area (Å²) in [4.78, 5) is 9.61. The Labute approximate surface area is 109 Å².